The molecule has 1 fully saturated rings. The lowest BCUT2D eigenvalue weighted by Gasteiger charge is -2.15. The SMILES string of the molecule is N[C@@H]1CCC[C@H]1CC(=O)Nc1cccc(C(=O)Nc2cccc(F)c2)c1. The number of nitrogens with one attached hydrogen (secondary N) is 2. The van der Waals surface area contributed by atoms with Crippen LogP contribution in [0.25, 0.3) is 0 Å². The van der Waals surface area contributed by atoms with Crippen LogP contribution in [0.1, 0.15) is 36.0 Å². The largest absolute Gasteiger partial charge is 0.327 e. The molecule has 2 atom stereocenters. The molecular weight excluding hydrogens is 333 g/mol. The third-order valence-electron chi connectivity index (χ3n) is 4.66. The second kappa shape index (κ2) is 8.10. The molecule has 0 bridgehead atoms. The van der Waals surface area contributed by atoms with Gasteiger partial charge in [-0.05, 0) is 55.2 Å². The van der Waals surface area contributed by atoms with Crippen LogP contribution in [0.5, 0.6) is 0 Å². The number of anilines is 2. The van der Waals surface area contributed by atoms with Crippen LogP contribution < -0.4 is 16.4 Å². The summed E-state index contributed by atoms with van der Waals surface area (Å²) in [4.78, 5) is 24.5. The van der Waals surface area contributed by atoms with E-state index in [1.807, 2.05) is 0 Å². The van der Waals surface area contributed by atoms with Crippen LogP contribution in [0.15, 0.2) is 48.5 Å². The predicted molar refractivity (Wildman–Crippen MR) is 99.4 cm³/mol. The van der Waals surface area contributed by atoms with Crippen LogP contribution in [0.2, 0.25) is 0 Å². The Bertz CT molecular complexity index is 809. The number of amides is 2. The molecule has 0 aromatic heterocycles. The van der Waals surface area contributed by atoms with Crippen LogP contribution >= 0.6 is 0 Å². The minimum Gasteiger partial charge on any atom is -0.327 e. The average Bonchev–Trinajstić information content (AvgIpc) is 3.00. The van der Waals surface area contributed by atoms with E-state index in [1.165, 1.54) is 18.2 Å². The minimum atomic E-state index is -0.422. The molecular formula is C20H22FN3O2. The third kappa shape index (κ3) is 4.67. The lowest BCUT2D eigenvalue weighted by molar-refractivity contribution is -0.117. The number of nitrogens with two attached hydrogens (primary N) is 1. The van der Waals surface area contributed by atoms with Crippen molar-refractivity contribution in [2.75, 3.05) is 10.6 Å². The van der Waals surface area contributed by atoms with Gasteiger partial charge in [0.25, 0.3) is 5.91 Å². The van der Waals surface area contributed by atoms with Crippen molar-refractivity contribution in [2.24, 2.45) is 11.7 Å². The highest BCUT2D eigenvalue weighted by atomic mass is 19.1. The summed E-state index contributed by atoms with van der Waals surface area (Å²) in [7, 11) is 0. The van der Waals surface area contributed by atoms with Gasteiger partial charge in [-0.25, -0.2) is 4.39 Å². The average molecular weight is 355 g/mol. The fourth-order valence-corrected chi connectivity index (χ4v) is 3.28. The molecule has 0 aliphatic heterocycles. The van der Waals surface area contributed by atoms with E-state index in [0.717, 1.165) is 19.3 Å². The molecule has 2 aromatic rings. The first kappa shape index (κ1) is 18.1. The van der Waals surface area contributed by atoms with Crippen LogP contribution in [-0.4, -0.2) is 17.9 Å². The molecule has 0 spiro atoms. The molecule has 1 saturated carbocycles. The molecule has 26 heavy (non-hydrogen) atoms. The normalized spacial score (nSPS) is 19.2. The van der Waals surface area contributed by atoms with E-state index in [-0.39, 0.29) is 23.8 Å². The van der Waals surface area contributed by atoms with E-state index in [4.69, 9.17) is 5.73 Å². The Kier molecular flexibility index (Phi) is 5.63. The molecule has 0 unspecified atom stereocenters. The fraction of sp³-hybridized carbons (Fsp3) is 0.300. The van der Waals surface area contributed by atoms with E-state index < -0.39 is 5.82 Å². The lowest BCUT2D eigenvalue weighted by Crippen LogP contribution is -2.28. The van der Waals surface area contributed by atoms with Crippen molar-refractivity contribution >= 4 is 23.2 Å². The molecule has 0 heterocycles. The quantitative estimate of drug-likeness (QED) is 0.767. The number of carbonyl (C=O) groups is 2. The van der Waals surface area contributed by atoms with E-state index >= 15 is 0 Å². The van der Waals surface area contributed by atoms with Crippen LogP contribution in [0, 0.1) is 11.7 Å². The molecule has 6 heteroatoms. The van der Waals surface area contributed by atoms with Gasteiger partial charge in [-0.1, -0.05) is 18.6 Å². The summed E-state index contributed by atoms with van der Waals surface area (Å²) in [5, 5.41) is 5.46. The maximum Gasteiger partial charge on any atom is 0.255 e. The van der Waals surface area contributed by atoms with Gasteiger partial charge in [0.15, 0.2) is 0 Å². The van der Waals surface area contributed by atoms with Gasteiger partial charge in [-0.3, -0.25) is 9.59 Å². The Morgan fingerprint density at radius 1 is 1.04 bits per heavy atom. The van der Waals surface area contributed by atoms with Crippen LogP contribution in [-0.2, 0) is 4.79 Å². The first-order chi connectivity index (χ1) is 12.5. The van der Waals surface area contributed by atoms with Crippen molar-refractivity contribution < 1.29 is 14.0 Å². The van der Waals surface area contributed by atoms with Crippen molar-refractivity contribution in [3.63, 3.8) is 0 Å². The van der Waals surface area contributed by atoms with Gasteiger partial charge in [0, 0.05) is 29.4 Å². The Morgan fingerprint density at radius 3 is 2.46 bits per heavy atom. The van der Waals surface area contributed by atoms with Gasteiger partial charge >= 0.3 is 0 Å². The standard InChI is InChI=1S/C20H22FN3O2/c21-15-6-3-8-17(12-15)24-20(26)14-5-1-7-16(10-14)23-19(25)11-13-4-2-9-18(13)22/h1,3,5-8,10,12-13,18H,2,4,9,11,22H2,(H,23,25)(H,24,26)/t13-,18+/m0/s1. The summed E-state index contributed by atoms with van der Waals surface area (Å²) in [6.45, 7) is 0. The second-order valence-corrected chi connectivity index (χ2v) is 6.65. The topological polar surface area (TPSA) is 84.2 Å². The van der Waals surface area contributed by atoms with E-state index in [2.05, 4.69) is 10.6 Å². The molecule has 0 saturated heterocycles. The van der Waals surface area contributed by atoms with Gasteiger partial charge in [0.1, 0.15) is 5.82 Å². The molecule has 2 amide bonds. The predicted octanol–water partition coefficient (Wildman–Crippen LogP) is 3.53. The number of hydrogen-bond acceptors (Lipinski definition) is 3. The molecule has 1 aliphatic rings. The Labute approximate surface area is 151 Å². The van der Waals surface area contributed by atoms with Gasteiger partial charge in [0.2, 0.25) is 5.91 Å². The highest BCUT2D eigenvalue weighted by Gasteiger charge is 2.26. The second-order valence-electron chi connectivity index (χ2n) is 6.65. The lowest BCUT2D eigenvalue weighted by atomic mass is 10.00. The van der Waals surface area contributed by atoms with Crippen LogP contribution in [0.4, 0.5) is 15.8 Å². The number of hydrogen-bond donors (Lipinski definition) is 3. The highest BCUT2D eigenvalue weighted by molar-refractivity contribution is 6.05. The molecule has 5 nitrogen and oxygen atoms in total. The van der Waals surface area contributed by atoms with Gasteiger partial charge in [0.05, 0.1) is 0 Å². The summed E-state index contributed by atoms with van der Waals surface area (Å²) in [5.74, 6) is -0.678. The van der Waals surface area contributed by atoms with E-state index in [9.17, 15) is 14.0 Å². The monoisotopic (exact) mass is 355 g/mol. The smallest absolute Gasteiger partial charge is 0.255 e. The molecule has 4 N–H and O–H groups in total. The van der Waals surface area contributed by atoms with Crippen molar-refractivity contribution in [3.8, 4) is 0 Å². The Hall–Kier alpha value is -2.73. The zero-order chi connectivity index (χ0) is 18.5. The highest BCUT2D eigenvalue weighted by Crippen LogP contribution is 2.27. The van der Waals surface area contributed by atoms with E-state index in [1.54, 1.807) is 30.3 Å². The van der Waals surface area contributed by atoms with Crippen molar-refractivity contribution in [2.45, 2.75) is 31.7 Å². The molecule has 0 radical (unpaired) electrons. The number of carbonyl (C=O) groups excluding carboxylic acids is 2. The zero-order valence-corrected chi connectivity index (χ0v) is 14.4. The van der Waals surface area contributed by atoms with Crippen molar-refractivity contribution in [1.82, 2.24) is 0 Å². The summed E-state index contributed by atoms with van der Waals surface area (Å²) >= 11 is 0. The maximum absolute atomic E-state index is 13.2. The summed E-state index contributed by atoms with van der Waals surface area (Å²) in [6, 6.07) is 12.4. The maximum atomic E-state index is 13.2. The first-order valence-corrected chi connectivity index (χ1v) is 8.73. The Balaban J connectivity index is 1.62. The number of halogens is 1. The third-order valence-corrected chi connectivity index (χ3v) is 4.66. The van der Waals surface area contributed by atoms with Gasteiger partial charge < -0.3 is 16.4 Å². The minimum absolute atomic E-state index is 0.0872. The van der Waals surface area contributed by atoms with Crippen molar-refractivity contribution in [3.05, 3.63) is 59.9 Å². The summed E-state index contributed by atoms with van der Waals surface area (Å²) in [6.07, 6.45) is 3.40. The fourth-order valence-electron chi connectivity index (χ4n) is 3.28. The van der Waals surface area contributed by atoms with Gasteiger partial charge in [-0.2, -0.15) is 0 Å². The Morgan fingerprint density at radius 2 is 1.77 bits per heavy atom. The summed E-state index contributed by atoms with van der Waals surface area (Å²) < 4.78 is 13.2. The van der Waals surface area contributed by atoms with Crippen molar-refractivity contribution in [1.29, 1.82) is 0 Å². The summed E-state index contributed by atoms with van der Waals surface area (Å²) in [5.41, 5.74) is 7.31. The zero-order valence-electron chi connectivity index (χ0n) is 14.4. The van der Waals surface area contributed by atoms with Gasteiger partial charge in [-0.15, -0.1) is 0 Å². The van der Waals surface area contributed by atoms with E-state index in [0.29, 0.717) is 23.4 Å². The molecule has 3 rings (SSSR count). The molecule has 136 valence electrons. The molecule has 1 aliphatic carbocycles. The first-order valence-electron chi connectivity index (χ1n) is 8.73. The molecule has 2 aromatic carbocycles. The number of rotatable bonds is 5. The number of benzene rings is 2. The van der Waals surface area contributed by atoms with Crippen LogP contribution in [0.3, 0.4) is 0 Å².